The fourth-order valence-electron chi connectivity index (χ4n) is 2.09. The van der Waals surface area contributed by atoms with Crippen molar-refractivity contribution >= 4 is 12.0 Å². The van der Waals surface area contributed by atoms with Crippen LogP contribution in [0.15, 0.2) is 24.3 Å². The largest absolute Gasteiger partial charge is 0.478 e. The van der Waals surface area contributed by atoms with Crippen LogP contribution in [0.5, 0.6) is 0 Å². The van der Waals surface area contributed by atoms with E-state index in [2.05, 4.69) is 17.6 Å². The SMILES string of the molecule is CCC1CC1NC(=O)NCc1cccc(C(=O)O)c1. The van der Waals surface area contributed by atoms with E-state index in [0.717, 1.165) is 18.4 Å². The number of carboxylic acids is 1. The Balaban J connectivity index is 1.80. The Hall–Kier alpha value is -2.04. The normalized spacial score (nSPS) is 20.7. The molecule has 1 saturated carbocycles. The Bertz CT molecular complexity index is 487. The van der Waals surface area contributed by atoms with Crippen LogP contribution >= 0.6 is 0 Å². The molecule has 3 N–H and O–H groups in total. The zero-order valence-electron chi connectivity index (χ0n) is 10.8. The van der Waals surface area contributed by atoms with Crippen molar-refractivity contribution in [2.24, 2.45) is 5.92 Å². The zero-order valence-corrected chi connectivity index (χ0v) is 10.8. The van der Waals surface area contributed by atoms with Crippen LogP contribution in [-0.4, -0.2) is 23.1 Å². The topological polar surface area (TPSA) is 78.4 Å². The van der Waals surface area contributed by atoms with Crippen LogP contribution in [0.4, 0.5) is 4.79 Å². The van der Waals surface area contributed by atoms with E-state index in [1.54, 1.807) is 18.2 Å². The highest BCUT2D eigenvalue weighted by Crippen LogP contribution is 2.32. The van der Waals surface area contributed by atoms with E-state index in [4.69, 9.17) is 5.11 Å². The molecule has 102 valence electrons. The number of hydrogen-bond acceptors (Lipinski definition) is 2. The molecule has 1 fully saturated rings. The molecule has 2 amide bonds. The highest BCUT2D eigenvalue weighted by atomic mass is 16.4. The minimum Gasteiger partial charge on any atom is -0.478 e. The Morgan fingerprint density at radius 1 is 1.42 bits per heavy atom. The van der Waals surface area contributed by atoms with Crippen LogP contribution in [0.2, 0.25) is 0 Å². The third-order valence-corrected chi connectivity index (χ3v) is 3.39. The predicted octanol–water partition coefficient (Wildman–Crippen LogP) is 1.98. The minimum atomic E-state index is -0.963. The average Bonchev–Trinajstić information content (AvgIpc) is 3.15. The van der Waals surface area contributed by atoms with Crippen molar-refractivity contribution in [3.63, 3.8) is 0 Å². The fraction of sp³-hybridized carbons (Fsp3) is 0.429. The Morgan fingerprint density at radius 3 is 2.84 bits per heavy atom. The van der Waals surface area contributed by atoms with Gasteiger partial charge in [-0.25, -0.2) is 9.59 Å². The summed E-state index contributed by atoms with van der Waals surface area (Å²) in [4.78, 5) is 22.4. The summed E-state index contributed by atoms with van der Waals surface area (Å²) in [5.74, 6) is -0.351. The molecule has 0 bridgehead atoms. The van der Waals surface area contributed by atoms with Gasteiger partial charge >= 0.3 is 12.0 Å². The van der Waals surface area contributed by atoms with Crippen molar-refractivity contribution in [3.8, 4) is 0 Å². The molecule has 0 spiro atoms. The summed E-state index contributed by atoms with van der Waals surface area (Å²) in [5.41, 5.74) is 1.01. The Labute approximate surface area is 112 Å². The lowest BCUT2D eigenvalue weighted by Crippen LogP contribution is -2.37. The van der Waals surface area contributed by atoms with E-state index >= 15 is 0 Å². The molecule has 0 heterocycles. The monoisotopic (exact) mass is 262 g/mol. The lowest BCUT2D eigenvalue weighted by Gasteiger charge is -2.07. The summed E-state index contributed by atoms with van der Waals surface area (Å²) in [6, 6.07) is 6.67. The number of benzene rings is 1. The first-order valence-corrected chi connectivity index (χ1v) is 6.46. The van der Waals surface area contributed by atoms with E-state index in [9.17, 15) is 9.59 Å². The highest BCUT2D eigenvalue weighted by molar-refractivity contribution is 5.87. The van der Waals surface area contributed by atoms with E-state index in [-0.39, 0.29) is 11.6 Å². The number of aromatic carboxylic acids is 1. The predicted molar refractivity (Wildman–Crippen MR) is 71.0 cm³/mol. The van der Waals surface area contributed by atoms with Gasteiger partial charge in [0.05, 0.1) is 5.56 Å². The number of carbonyl (C=O) groups excluding carboxylic acids is 1. The lowest BCUT2D eigenvalue weighted by atomic mass is 10.1. The maximum Gasteiger partial charge on any atom is 0.335 e. The van der Waals surface area contributed by atoms with Crippen LogP contribution in [0.25, 0.3) is 0 Å². The molecule has 1 aromatic carbocycles. The Kier molecular flexibility index (Phi) is 4.04. The van der Waals surface area contributed by atoms with E-state index in [1.165, 1.54) is 6.07 Å². The van der Waals surface area contributed by atoms with Gasteiger partial charge in [-0.05, 0) is 30.0 Å². The van der Waals surface area contributed by atoms with E-state index < -0.39 is 5.97 Å². The van der Waals surface area contributed by atoms with Gasteiger partial charge in [0.25, 0.3) is 0 Å². The first-order chi connectivity index (χ1) is 9.10. The van der Waals surface area contributed by atoms with Crippen LogP contribution < -0.4 is 10.6 Å². The van der Waals surface area contributed by atoms with Gasteiger partial charge in [0.2, 0.25) is 0 Å². The molecule has 19 heavy (non-hydrogen) atoms. The van der Waals surface area contributed by atoms with Crippen molar-refractivity contribution in [2.75, 3.05) is 0 Å². The van der Waals surface area contributed by atoms with Crippen LogP contribution in [0, 0.1) is 5.92 Å². The molecule has 0 aliphatic heterocycles. The molecule has 1 aromatic rings. The molecule has 5 heteroatoms. The van der Waals surface area contributed by atoms with Crippen molar-refractivity contribution in [2.45, 2.75) is 32.4 Å². The second kappa shape index (κ2) is 5.73. The molecular weight excluding hydrogens is 244 g/mol. The minimum absolute atomic E-state index is 0.193. The van der Waals surface area contributed by atoms with Crippen LogP contribution in [0.3, 0.4) is 0 Å². The average molecular weight is 262 g/mol. The third-order valence-electron chi connectivity index (χ3n) is 3.39. The lowest BCUT2D eigenvalue weighted by molar-refractivity contribution is 0.0696. The number of nitrogens with one attached hydrogen (secondary N) is 2. The summed E-state index contributed by atoms with van der Waals surface area (Å²) < 4.78 is 0. The fourth-order valence-corrected chi connectivity index (χ4v) is 2.09. The molecule has 2 unspecified atom stereocenters. The summed E-state index contributed by atoms with van der Waals surface area (Å²) >= 11 is 0. The summed E-state index contributed by atoms with van der Waals surface area (Å²) in [6.45, 7) is 2.44. The summed E-state index contributed by atoms with van der Waals surface area (Å²) in [7, 11) is 0. The van der Waals surface area contributed by atoms with Gasteiger partial charge < -0.3 is 15.7 Å². The number of carboxylic acid groups (broad SMARTS) is 1. The van der Waals surface area contributed by atoms with Crippen molar-refractivity contribution in [1.82, 2.24) is 10.6 Å². The van der Waals surface area contributed by atoms with Crippen LogP contribution in [0.1, 0.15) is 35.7 Å². The highest BCUT2D eigenvalue weighted by Gasteiger charge is 2.36. The Morgan fingerprint density at radius 2 is 2.21 bits per heavy atom. The molecular formula is C14H18N2O3. The van der Waals surface area contributed by atoms with Gasteiger partial charge in [-0.2, -0.15) is 0 Å². The number of rotatable bonds is 5. The molecule has 2 atom stereocenters. The smallest absolute Gasteiger partial charge is 0.335 e. The molecule has 0 saturated heterocycles. The van der Waals surface area contributed by atoms with Gasteiger partial charge in [0.15, 0.2) is 0 Å². The van der Waals surface area contributed by atoms with E-state index in [1.807, 2.05) is 0 Å². The molecule has 1 aliphatic rings. The number of urea groups is 1. The maximum absolute atomic E-state index is 11.6. The number of amides is 2. The van der Waals surface area contributed by atoms with Gasteiger partial charge in [-0.15, -0.1) is 0 Å². The van der Waals surface area contributed by atoms with Crippen molar-refractivity contribution < 1.29 is 14.7 Å². The number of carbonyl (C=O) groups is 2. The van der Waals surface area contributed by atoms with E-state index in [0.29, 0.717) is 18.5 Å². The molecule has 0 aromatic heterocycles. The summed E-state index contributed by atoms with van der Waals surface area (Å²) in [5, 5.41) is 14.5. The van der Waals surface area contributed by atoms with Gasteiger partial charge in [-0.1, -0.05) is 25.5 Å². The van der Waals surface area contributed by atoms with Crippen LogP contribution in [-0.2, 0) is 6.54 Å². The summed E-state index contributed by atoms with van der Waals surface area (Å²) in [6.07, 6.45) is 2.14. The molecule has 1 aliphatic carbocycles. The molecule has 5 nitrogen and oxygen atoms in total. The van der Waals surface area contributed by atoms with Gasteiger partial charge in [0, 0.05) is 12.6 Å². The first kappa shape index (κ1) is 13.4. The zero-order chi connectivity index (χ0) is 13.8. The van der Waals surface area contributed by atoms with Gasteiger partial charge in [0.1, 0.15) is 0 Å². The second-order valence-corrected chi connectivity index (χ2v) is 4.84. The quantitative estimate of drug-likeness (QED) is 0.759. The van der Waals surface area contributed by atoms with Crippen molar-refractivity contribution in [3.05, 3.63) is 35.4 Å². The maximum atomic E-state index is 11.6. The van der Waals surface area contributed by atoms with Crippen molar-refractivity contribution in [1.29, 1.82) is 0 Å². The number of hydrogen-bond donors (Lipinski definition) is 3. The standard InChI is InChI=1S/C14H18N2O3/c1-2-10-7-12(10)16-14(19)15-8-9-4-3-5-11(6-9)13(17)18/h3-6,10,12H,2,7-8H2,1H3,(H,17,18)(H2,15,16,19). The van der Waals surface area contributed by atoms with Gasteiger partial charge in [-0.3, -0.25) is 0 Å². The first-order valence-electron chi connectivity index (χ1n) is 6.46. The third kappa shape index (κ3) is 3.71. The molecule has 2 rings (SSSR count). The molecule has 0 radical (unpaired) electrons. The second-order valence-electron chi connectivity index (χ2n) is 4.84.